The Hall–Kier alpha value is -4.10. The molecule has 200 valence electrons. The maximum absolute atomic E-state index is 13.4. The Kier molecular flexibility index (Phi) is 9.75. The van der Waals surface area contributed by atoms with E-state index in [-0.39, 0.29) is 5.91 Å². The fourth-order valence-corrected chi connectivity index (χ4v) is 4.99. The third-order valence-corrected chi connectivity index (χ3v) is 7.22. The number of benzene rings is 3. The summed E-state index contributed by atoms with van der Waals surface area (Å²) in [6.07, 6.45) is 5.90. The lowest BCUT2D eigenvalue weighted by Crippen LogP contribution is -2.41. The third kappa shape index (κ3) is 7.48. The lowest BCUT2D eigenvalue weighted by molar-refractivity contribution is -0.139. The maximum Gasteiger partial charge on any atom is 0.326 e. The van der Waals surface area contributed by atoms with E-state index in [9.17, 15) is 14.7 Å². The first kappa shape index (κ1) is 27.9. The van der Waals surface area contributed by atoms with Crippen LogP contribution >= 0.6 is 11.8 Å². The summed E-state index contributed by atoms with van der Waals surface area (Å²) < 4.78 is 0. The van der Waals surface area contributed by atoms with Gasteiger partial charge in [-0.05, 0) is 77.4 Å². The van der Waals surface area contributed by atoms with Crippen LogP contribution in [0, 0.1) is 6.92 Å². The Morgan fingerprint density at radius 2 is 1.67 bits per heavy atom. The summed E-state index contributed by atoms with van der Waals surface area (Å²) in [5.41, 5.74) is 6.43. The van der Waals surface area contributed by atoms with E-state index in [1.807, 2.05) is 92.2 Å². The smallest absolute Gasteiger partial charge is 0.326 e. The topological polar surface area (TPSA) is 82.5 Å². The van der Waals surface area contributed by atoms with Crippen molar-refractivity contribution in [3.05, 3.63) is 120 Å². The minimum atomic E-state index is -1.03. The number of nitrogens with zero attached hydrogens (tertiary/aromatic N) is 2. The van der Waals surface area contributed by atoms with Crippen LogP contribution in [0.4, 0.5) is 5.69 Å². The number of aromatic nitrogens is 1. The van der Waals surface area contributed by atoms with Crippen molar-refractivity contribution in [1.29, 1.82) is 0 Å². The number of amides is 1. The summed E-state index contributed by atoms with van der Waals surface area (Å²) in [7, 11) is 0. The monoisotopic (exact) mass is 539 g/mol. The number of rotatable bonds is 12. The van der Waals surface area contributed by atoms with Crippen LogP contribution in [-0.4, -0.2) is 40.0 Å². The van der Waals surface area contributed by atoms with Crippen LogP contribution in [0.15, 0.2) is 97.3 Å². The molecule has 2 N–H and O–H groups in total. The molecule has 0 spiro atoms. The summed E-state index contributed by atoms with van der Waals surface area (Å²) >= 11 is 1.55. The normalized spacial score (nSPS) is 11.5. The van der Waals surface area contributed by atoms with Crippen LogP contribution in [0.2, 0.25) is 0 Å². The van der Waals surface area contributed by atoms with Crippen molar-refractivity contribution in [2.24, 2.45) is 0 Å². The molecule has 0 saturated carbocycles. The largest absolute Gasteiger partial charge is 0.480 e. The summed E-state index contributed by atoms with van der Waals surface area (Å²) in [6.45, 7) is 3.32. The maximum atomic E-state index is 13.4. The summed E-state index contributed by atoms with van der Waals surface area (Å²) in [6, 6.07) is 27.0. The number of aryl methyl sites for hydroxylation is 1. The molecule has 1 amide bonds. The van der Waals surface area contributed by atoms with Crippen molar-refractivity contribution in [1.82, 2.24) is 10.3 Å². The molecule has 39 heavy (non-hydrogen) atoms. The van der Waals surface area contributed by atoms with Crippen molar-refractivity contribution < 1.29 is 14.7 Å². The molecule has 0 aliphatic carbocycles. The van der Waals surface area contributed by atoms with Crippen molar-refractivity contribution in [2.75, 3.05) is 16.9 Å². The van der Waals surface area contributed by atoms with Crippen LogP contribution in [0.25, 0.3) is 11.1 Å². The molecule has 4 aromatic rings. The van der Waals surface area contributed by atoms with E-state index in [0.29, 0.717) is 30.8 Å². The molecule has 7 heteroatoms. The molecular formula is C32H33N3O3S. The summed E-state index contributed by atoms with van der Waals surface area (Å²) in [5.74, 6) is -0.770. The first-order valence-corrected chi connectivity index (χ1v) is 14.3. The second-order valence-electron chi connectivity index (χ2n) is 9.39. The zero-order valence-corrected chi connectivity index (χ0v) is 23.0. The third-order valence-electron chi connectivity index (χ3n) is 6.58. The molecule has 0 saturated heterocycles. The molecule has 1 unspecified atom stereocenters. The highest BCUT2D eigenvalue weighted by molar-refractivity contribution is 7.98. The molecule has 0 radical (unpaired) electrons. The van der Waals surface area contributed by atoms with Gasteiger partial charge < -0.3 is 15.3 Å². The molecule has 0 bridgehead atoms. The average Bonchev–Trinajstić information content (AvgIpc) is 2.96. The minimum Gasteiger partial charge on any atom is -0.480 e. The highest BCUT2D eigenvalue weighted by Gasteiger charge is 2.23. The van der Waals surface area contributed by atoms with Crippen molar-refractivity contribution in [3.63, 3.8) is 0 Å². The van der Waals surface area contributed by atoms with Gasteiger partial charge in [0.05, 0.1) is 11.9 Å². The lowest BCUT2D eigenvalue weighted by atomic mass is 9.93. The Balaban J connectivity index is 1.70. The molecule has 3 aromatic carbocycles. The summed E-state index contributed by atoms with van der Waals surface area (Å²) in [5, 5.41) is 12.4. The van der Waals surface area contributed by atoms with E-state index >= 15 is 0 Å². The Bertz CT molecular complexity index is 1400. The number of nitrogens with one attached hydrogen (secondary N) is 1. The second kappa shape index (κ2) is 13.6. The van der Waals surface area contributed by atoms with Gasteiger partial charge in [0.15, 0.2) is 0 Å². The number of thioether (sulfide) groups is 1. The van der Waals surface area contributed by atoms with E-state index in [0.717, 1.165) is 27.9 Å². The number of aliphatic carboxylic acids is 1. The number of carbonyl (C=O) groups is 2. The van der Waals surface area contributed by atoms with Gasteiger partial charge in [-0.15, -0.1) is 0 Å². The van der Waals surface area contributed by atoms with E-state index in [1.165, 1.54) is 5.56 Å². The lowest BCUT2D eigenvalue weighted by Gasteiger charge is -2.25. The predicted molar refractivity (Wildman–Crippen MR) is 159 cm³/mol. The minimum absolute atomic E-state index is 0.361. The van der Waals surface area contributed by atoms with Gasteiger partial charge in [-0.25, -0.2) is 4.79 Å². The van der Waals surface area contributed by atoms with Crippen LogP contribution in [0.1, 0.15) is 33.5 Å². The molecule has 1 aromatic heterocycles. The Labute approximate surface area is 234 Å². The van der Waals surface area contributed by atoms with Crippen molar-refractivity contribution in [3.8, 4) is 11.1 Å². The van der Waals surface area contributed by atoms with Crippen LogP contribution in [-0.2, 0) is 17.9 Å². The highest BCUT2D eigenvalue weighted by atomic mass is 32.2. The van der Waals surface area contributed by atoms with Crippen LogP contribution in [0.3, 0.4) is 0 Å². The highest BCUT2D eigenvalue weighted by Crippen LogP contribution is 2.30. The van der Waals surface area contributed by atoms with E-state index in [2.05, 4.69) is 27.3 Å². The van der Waals surface area contributed by atoms with Gasteiger partial charge in [-0.1, -0.05) is 60.7 Å². The zero-order valence-electron chi connectivity index (χ0n) is 22.2. The van der Waals surface area contributed by atoms with Gasteiger partial charge in [0, 0.05) is 24.8 Å². The molecule has 0 aliphatic heterocycles. The number of carboxylic acid groups (broad SMARTS) is 1. The number of hydrogen-bond donors (Lipinski definition) is 2. The predicted octanol–water partition coefficient (Wildman–Crippen LogP) is 6.20. The Morgan fingerprint density at radius 1 is 0.923 bits per heavy atom. The van der Waals surface area contributed by atoms with E-state index in [1.54, 1.807) is 18.0 Å². The molecule has 1 heterocycles. The zero-order chi connectivity index (χ0) is 27.6. The van der Waals surface area contributed by atoms with Crippen LogP contribution < -0.4 is 10.2 Å². The van der Waals surface area contributed by atoms with Gasteiger partial charge in [-0.3, -0.25) is 9.78 Å². The van der Waals surface area contributed by atoms with Crippen LogP contribution in [0.5, 0.6) is 0 Å². The van der Waals surface area contributed by atoms with E-state index in [4.69, 9.17) is 0 Å². The Morgan fingerprint density at radius 3 is 2.36 bits per heavy atom. The number of carboxylic acids is 1. The molecule has 6 nitrogen and oxygen atoms in total. The van der Waals surface area contributed by atoms with E-state index < -0.39 is 12.0 Å². The van der Waals surface area contributed by atoms with Crippen molar-refractivity contribution >= 4 is 29.3 Å². The fourth-order valence-electron chi connectivity index (χ4n) is 4.52. The standard InChI is InChI=1S/C32H33N3O3S/c1-23-9-6-7-13-27(23)29-19-25(14-15-28(29)31(36)34-30(32(37)38)16-18-39-2)22-35(26-12-8-17-33-20-26)21-24-10-4-3-5-11-24/h3-15,17,19-20,30H,16,18,21-22H2,1-2H3,(H,34,36)(H,37,38). The van der Waals surface area contributed by atoms with Gasteiger partial charge in [0.2, 0.25) is 0 Å². The molecule has 4 rings (SSSR count). The fraction of sp³-hybridized carbons (Fsp3) is 0.219. The average molecular weight is 540 g/mol. The number of anilines is 1. The summed E-state index contributed by atoms with van der Waals surface area (Å²) in [4.78, 5) is 31.8. The quantitative estimate of drug-likeness (QED) is 0.223. The molecular weight excluding hydrogens is 506 g/mol. The van der Waals surface area contributed by atoms with Gasteiger partial charge >= 0.3 is 5.97 Å². The number of carbonyl (C=O) groups excluding carboxylic acids is 1. The SMILES string of the molecule is CSCCC(NC(=O)c1ccc(CN(Cc2ccccc2)c2cccnc2)cc1-c1ccccc1C)C(=O)O. The molecule has 1 atom stereocenters. The number of pyridine rings is 1. The first-order valence-electron chi connectivity index (χ1n) is 12.9. The van der Waals surface area contributed by atoms with Crippen molar-refractivity contribution in [2.45, 2.75) is 32.5 Å². The molecule has 0 fully saturated rings. The number of hydrogen-bond acceptors (Lipinski definition) is 5. The molecule has 0 aliphatic rings. The van der Waals surface area contributed by atoms with Gasteiger partial charge in [0.25, 0.3) is 5.91 Å². The van der Waals surface area contributed by atoms with Gasteiger partial charge in [0.1, 0.15) is 6.04 Å². The second-order valence-corrected chi connectivity index (χ2v) is 10.4. The van der Waals surface area contributed by atoms with Gasteiger partial charge in [-0.2, -0.15) is 11.8 Å². The first-order chi connectivity index (χ1) is 19.0.